The average Bonchev–Trinajstić information content (AvgIpc) is 3.23. The zero-order valence-electron chi connectivity index (χ0n) is 15.6. The first-order chi connectivity index (χ1) is 14.2. The summed E-state index contributed by atoms with van der Waals surface area (Å²) in [5, 5.41) is 31.5. The van der Waals surface area contributed by atoms with Gasteiger partial charge in [-0.25, -0.2) is 0 Å². The number of halogens is 1. The Morgan fingerprint density at radius 1 is 1.28 bits per heavy atom. The van der Waals surface area contributed by atoms with Crippen LogP contribution in [0.15, 0.2) is 40.9 Å². The van der Waals surface area contributed by atoms with Crippen LogP contribution in [0.1, 0.15) is 17.8 Å². The number of nitriles is 1. The van der Waals surface area contributed by atoms with Gasteiger partial charge in [-0.3, -0.25) is 0 Å². The third-order valence-electron chi connectivity index (χ3n) is 5.11. The summed E-state index contributed by atoms with van der Waals surface area (Å²) < 4.78 is 5.05. The molecule has 1 aliphatic heterocycles. The largest absolute Gasteiger partial charge is 0.388 e. The molecule has 0 spiro atoms. The summed E-state index contributed by atoms with van der Waals surface area (Å²) in [5.41, 5.74) is 1.59. The van der Waals surface area contributed by atoms with Crippen molar-refractivity contribution < 1.29 is 9.63 Å². The van der Waals surface area contributed by atoms with E-state index < -0.39 is 0 Å². The highest BCUT2D eigenvalue weighted by atomic mass is 35.5. The third-order valence-corrected chi connectivity index (χ3v) is 5.35. The maximum absolute atomic E-state index is 9.69. The van der Waals surface area contributed by atoms with Crippen LogP contribution in [0.5, 0.6) is 0 Å². The molecule has 29 heavy (non-hydrogen) atoms. The number of anilines is 1. The van der Waals surface area contributed by atoms with Crippen LogP contribution in [0.25, 0.3) is 11.6 Å². The molecule has 2 aromatic heterocycles. The van der Waals surface area contributed by atoms with Crippen molar-refractivity contribution in [3.63, 3.8) is 0 Å². The molecule has 9 heteroatoms. The number of aliphatic hydroxyl groups is 1. The van der Waals surface area contributed by atoms with Crippen LogP contribution in [0.3, 0.4) is 0 Å². The van der Waals surface area contributed by atoms with Crippen LogP contribution in [0, 0.1) is 23.2 Å². The normalized spacial score (nSPS) is 19.1. The van der Waals surface area contributed by atoms with Crippen molar-refractivity contribution in [2.75, 3.05) is 18.0 Å². The second-order valence-corrected chi connectivity index (χ2v) is 7.45. The molecule has 3 aromatic rings. The second kappa shape index (κ2) is 8.55. The third kappa shape index (κ3) is 4.36. The van der Waals surface area contributed by atoms with Gasteiger partial charge in [0.15, 0.2) is 17.3 Å². The van der Waals surface area contributed by atoms with Crippen molar-refractivity contribution in [1.29, 1.82) is 5.26 Å². The molecule has 1 N–H and O–H groups in total. The van der Waals surface area contributed by atoms with Gasteiger partial charge in [0.2, 0.25) is 0 Å². The van der Waals surface area contributed by atoms with Gasteiger partial charge in [-0.2, -0.15) is 10.2 Å². The van der Waals surface area contributed by atoms with Crippen molar-refractivity contribution in [2.24, 2.45) is 11.8 Å². The number of nitrogens with zero attached hydrogens (tertiary/aromatic N) is 6. The highest BCUT2D eigenvalue weighted by molar-refractivity contribution is 6.30. The van der Waals surface area contributed by atoms with E-state index in [1.165, 1.54) is 0 Å². The molecule has 1 aliphatic rings. The van der Waals surface area contributed by atoms with E-state index in [1.54, 1.807) is 6.07 Å². The van der Waals surface area contributed by atoms with Gasteiger partial charge in [-0.1, -0.05) is 28.9 Å². The van der Waals surface area contributed by atoms with E-state index in [9.17, 15) is 5.26 Å². The molecule has 148 valence electrons. The minimum absolute atomic E-state index is 0.104. The van der Waals surface area contributed by atoms with E-state index in [0.717, 1.165) is 30.0 Å². The zero-order valence-corrected chi connectivity index (χ0v) is 16.3. The Labute approximate surface area is 172 Å². The van der Waals surface area contributed by atoms with Crippen LogP contribution in [-0.4, -0.2) is 38.5 Å². The lowest BCUT2D eigenvalue weighted by atomic mass is 9.82. The van der Waals surface area contributed by atoms with Crippen molar-refractivity contribution in [3.8, 4) is 17.7 Å². The predicted molar refractivity (Wildman–Crippen MR) is 106 cm³/mol. The van der Waals surface area contributed by atoms with Crippen LogP contribution in [-0.2, 0) is 13.0 Å². The molecule has 1 fully saturated rings. The quantitative estimate of drug-likeness (QED) is 0.683. The molecule has 0 aliphatic carbocycles. The molecule has 8 nitrogen and oxygen atoms in total. The fourth-order valence-corrected chi connectivity index (χ4v) is 3.81. The van der Waals surface area contributed by atoms with Crippen molar-refractivity contribution in [2.45, 2.75) is 19.4 Å². The van der Waals surface area contributed by atoms with E-state index in [1.807, 2.05) is 24.3 Å². The Kier molecular flexibility index (Phi) is 5.69. The summed E-state index contributed by atoms with van der Waals surface area (Å²) in [5.74, 6) is 1.29. The number of benzene rings is 1. The highest BCUT2D eigenvalue weighted by Gasteiger charge is 2.30. The summed E-state index contributed by atoms with van der Waals surface area (Å²) in [4.78, 5) is 6.10. The maximum atomic E-state index is 9.69. The molecule has 0 saturated carbocycles. The molecule has 1 aromatic carbocycles. The van der Waals surface area contributed by atoms with Gasteiger partial charge < -0.3 is 14.5 Å². The van der Waals surface area contributed by atoms with Gasteiger partial charge in [-0.15, -0.1) is 10.2 Å². The molecule has 1 saturated heterocycles. The molecule has 0 radical (unpaired) electrons. The van der Waals surface area contributed by atoms with Crippen LogP contribution >= 0.6 is 11.6 Å². The highest BCUT2D eigenvalue weighted by Crippen LogP contribution is 2.30. The summed E-state index contributed by atoms with van der Waals surface area (Å²) >= 11 is 6.09. The van der Waals surface area contributed by atoms with E-state index in [2.05, 4.69) is 37.4 Å². The number of piperidine rings is 1. The number of hydrogen-bond acceptors (Lipinski definition) is 8. The number of aromatic nitrogens is 4. The lowest BCUT2D eigenvalue weighted by Crippen LogP contribution is -2.41. The Bertz CT molecular complexity index is 1020. The molecule has 4 rings (SSSR count). The lowest BCUT2D eigenvalue weighted by Gasteiger charge is -2.36. The SMILES string of the molecule is N#CC1CN(c2ccc(-c3nc(CO)no3)nn2)CCC1Cc1cccc(Cl)c1. The molecule has 2 unspecified atom stereocenters. The van der Waals surface area contributed by atoms with E-state index in [0.29, 0.717) is 18.1 Å². The smallest absolute Gasteiger partial charge is 0.278 e. The number of hydrogen-bond donors (Lipinski definition) is 1. The monoisotopic (exact) mass is 410 g/mol. The topological polar surface area (TPSA) is 112 Å². The molecular formula is C20H19ClN6O2. The number of aliphatic hydroxyl groups excluding tert-OH is 1. The van der Waals surface area contributed by atoms with E-state index in [4.69, 9.17) is 21.2 Å². The standard InChI is InChI=1S/C20H19ClN6O2/c21-16-3-1-2-13(9-16)8-14-6-7-27(11-15(14)10-22)19-5-4-17(24-25-19)20-23-18(12-28)26-29-20/h1-5,9,14-15,28H,6-8,11-12H2. The number of rotatable bonds is 5. The summed E-state index contributed by atoms with van der Waals surface area (Å²) in [6.45, 7) is 1.10. The minimum atomic E-state index is -0.297. The van der Waals surface area contributed by atoms with Gasteiger partial charge in [0, 0.05) is 18.1 Å². The molecule has 2 atom stereocenters. The Morgan fingerprint density at radius 2 is 2.17 bits per heavy atom. The fourth-order valence-electron chi connectivity index (χ4n) is 3.60. The Balaban J connectivity index is 1.43. The molecule has 3 heterocycles. The van der Waals surface area contributed by atoms with Crippen LogP contribution < -0.4 is 4.90 Å². The first-order valence-electron chi connectivity index (χ1n) is 9.33. The van der Waals surface area contributed by atoms with Gasteiger partial charge >= 0.3 is 0 Å². The van der Waals surface area contributed by atoms with Gasteiger partial charge in [0.1, 0.15) is 6.61 Å². The summed E-state index contributed by atoms with van der Waals surface area (Å²) in [6.07, 6.45) is 1.72. The van der Waals surface area contributed by atoms with Gasteiger partial charge in [0.25, 0.3) is 5.89 Å². The second-order valence-electron chi connectivity index (χ2n) is 7.02. The van der Waals surface area contributed by atoms with Gasteiger partial charge in [0.05, 0.1) is 12.0 Å². The maximum Gasteiger partial charge on any atom is 0.278 e. The van der Waals surface area contributed by atoms with Crippen molar-refractivity contribution in [3.05, 3.63) is 52.8 Å². The Morgan fingerprint density at radius 3 is 2.86 bits per heavy atom. The van der Waals surface area contributed by atoms with Crippen molar-refractivity contribution >= 4 is 17.4 Å². The van der Waals surface area contributed by atoms with Gasteiger partial charge in [-0.05, 0) is 48.6 Å². The average molecular weight is 411 g/mol. The van der Waals surface area contributed by atoms with E-state index >= 15 is 0 Å². The zero-order chi connectivity index (χ0) is 20.2. The summed E-state index contributed by atoms with van der Waals surface area (Å²) in [6, 6.07) is 13.8. The van der Waals surface area contributed by atoms with Crippen LogP contribution in [0.2, 0.25) is 5.02 Å². The fraction of sp³-hybridized carbons (Fsp3) is 0.350. The molecular weight excluding hydrogens is 392 g/mol. The molecule has 0 amide bonds. The first-order valence-corrected chi connectivity index (χ1v) is 9.70. The van der Waals surface area contributed by atoms with Crippen LogP contribution in [0.4, 0.5) is 5.82 Å². The summed E-state index contributed by atoms with van der Waals surface area (Å²) in [7, 11) is 0. The lowest BCUT2D eigenvalue weighted by molar-refractivity contribution is 0.264. The minimum Gasteiger partial charge on any atom is -0.388 e. The Hall–Kier alpha value is -3.02. The van der Waals surface area contributed by atoms with E-state index in [-0.39, 0.29) is 30.2 Å². The molecule has 0 bridgehead atoms. The van der Waals surface area contributed by atoms with Crippen molar-refractivity contribution in [1.82, 2.24) is 20.3 Å². The predicted octanol–water partition coefficient (Wildman–Crippen LogP) is 2.88. The first kappa shape index (κ1) is 19.3.